The predicted octanol–water partition coefficient (Wildman–Crippen LogP) is 3.52. The van der Waals surface area contributed by atoms with Crippen molar-refractivity contribution >= 4 is 17.5 Å². The van der Waals surface area contributed by atoms with Crippen LogP contribution in [0.3, 0.4) is 0 Å². The molecule has 1 saturated carbocycles. The number of nitrogens with zero attached hydrogens (tertiary/aromatic N) is 1. The maximum Gasteiger partial charge on any atom is 0.274 e. The average molecular weight is 381 g/mol. The number of nitrogens with one attached hydrogen (secondary N) is 2. The lowest BCUT2D eigenvalue weighted by molar-refractivity contribution is 0.0933. The number of amides is 2. The Morgan fingerprint density at radius 1 is 0.929 bits per heavy atom. The van der Waals surface area contributed by atoms with Crippen molar-refractivity contribution in [3.8, 4) is 11.5 Å². The molecule has 1 aliphatic carbocycles. The van der Waals surface area contributed by atoms with Gasteiger partial charge in [-0.2, -0.15) is 0 Å². The molecule has 1 fully saturated rings. The number of rotatable bonds is 4. The number of anilines is 1. The molecule has 1 aliphatic heterocycles. The lowest BCUT2D eigenvalue weighted by Gasteiger charge is -2.16. The molecule has 0 spiro atoms. The second kappa shape index (κ2) is 8.29. The molecule has 2 aromatic rings. The topological polar surface area (TPSA) is 89.6 Å². The monoisotopic (exact) mass is 381 g/mol. The quantitative estimate of drug-likeness (QED) is 0.791. The van der Waals surface area contributed by atoms with Crippen LogP contribution < -0.4 is 20.1 Å². The summed E-state index contributed by atoms with van der Waals surface area (Å²) in [6.07, 6.45) is 8.24. The minimum absolute atomic E-state index is 0.161. The third-order valence-corrected chi connectivity index (χ3v) is 5.08. The summed E-state index contributed by atoms with van der Waals surface area (Å²) in [5.41, 5.74) is 1.20. The summed E-state index contributed by atoms with van der Waals surface area (Å²) in [5, 5.41) is 5.87. The molecule has 4 rings (SSSR count). The molecular formula is C21H23N3O4. The van der Waals surface area contributed by atoms with Crippen molar-refractivity contribution < 1.29 is 19.1 Å². The van der Waals surface area contributed by atoms with Gasteiger partial charge in [-0.25, -0.2) is 0 Å². The molecule has 7 nitrogen and oxygen atoms in total. The van der Waals surface area contributed by atoms with Gasteiger partial charge in [0.15, 0.2) is 11.5 Å². The van der Waals surface area contributed by atoms with Gasteiger partial charge in [-0.05, 0) is 37.1 Å². The largest absolute Gasteiger partial charge is 0.454 e. The molecule has 0 saturated heterocycles. The summed E-state index contributed by atoms with van der Waals surface area (Å²) >= 11 is 0. The minimum atomic E-state index is -0.386. The maximum absolute atomic E-state index is 12.6. The summed E-state index contributed by atoms with van der Waals surface area (Å²) in [5.74, 6) is 0.685. The Morgan fingerprint density at radius 3 is 2.54 bits per heavy atom. The fourth-order valence-electron chi connectivity index (χ4n) is 3.56. The van der Waals surface area contributed by atoms with Crippen molar-refractivity contribution in [2.45, 2.75) is 44.6 Å². The molecular weight excluding hydrogens is 358 g/mol. The van der Waals surface area contributed by atoms with Gasteiger partial charge in [0, 0.05) is 29.6 Å². The second-order valence-electron chi connectivity index (χ2n) is 7.11. The van der Waals surface area contributed by atoms with Crippen molar-refractivity contribution in [1.29, 1.82) is 0 Å². The molecule has 1 aromatic heterocycles. The molecule has 146 valence electrons. The number of fused-ring (bicyclic) bond motifs is 1. The van der Waals surface area contributed by atoms with Crippen molar-refractivity contribution in [1.82, 2.24) is 10.3 Å². The minimum Gasteiger partial charge on any atom is -0.454 e. The molecule has 7 heteroatoms. The van der Waals surface area contributed by atoms with E-state index in [9.17, 15) is 9.59 Å². The van der Waals surface area contributed by atoms with Crippen LogP contribution in [0.15, 0.2) is 36.5 Å². The molecule has 0 atom stereocenters. The van der Waals surface area contributed by atoms with Gasteiger partial charge in [-0.1, -0.05) is 25.7 Å². The zero-order valence-electron chi connectivity index (χ0n) is 15.6. The lowest BCUT2D eigenvalue weighted by atomic mass is 10.1. The van der Waals surface area contributed by atoms with E-state index in [4.69, 9.17) is 9.47 Å². The highest BCUT2D eigenvalue weighted by Gasteiger charge is 2.18. The van der Waals surface area contributed by atoms with Crippen LogP contribution in [-0.4, -0.2) is 29.6 Å². The Labute approximate surface area is 163 Å². The molecule has 1 aromatic carbocycles. The fourth-order valence-corrected chi connectivity index (χ4v) is 3.56. The SMILES string of the molecule is O=C(NC1CCCCCC1)c1ccnc(C(=O)Nc2ccc3c(c2)OCO3)c1. The Balaban J connectivity index is 1.42. The number of hydrogen-bond donors (Lipinski definition) is 2. The number of carbonyl (C=O) groups is 2. The van der Waals surface area contributed by atoms with Crippen molar-refractivity contribution in [3.63, 3.8) is 0 Å². The molecule has 2 N–H and O–H groups in total. The smallest absolute Gasteiger partial charge is 0.274 e. The Bertz CT molecular complexity index is 876. The van der Waals surface area contributed by atoms with E-state index in [1.54, 1.807) is 24.3 Å². The van der Waals surface area contributed by atoms with Crippen LogP contribution in [0.5, 0.6) is 11.5 Å². The zero-order valence-corrected chi connectivity index (χ0v) is 15.6. The Kier molecular flexibility index (Phi) is 5.41. The van der Waals surface area contributed by atoms with Crippen LogP contribution in [0, 0.1) is 0 Å². The van der Waals surface area contributed by atoms with Gasteiger partial charge in [-0.15, -0.1) is 0 Å². The van der Waals surface area contributed by atoms with Crippen molar-refractivity contribution in [3.05, 3.63) is 47.8 Å². The molecule has 28 heavy (non-hydrogen) atoms. The van der Waals surface area contributed by atoms with E-state index in [2.05, 4.69) is 15.6 Å². The van der Waals surface area contributed by atoms with E-state index >= 15 is 0 Å². The van der Waals surface area contributed by atoms with Gasteiger partial charge in [0.05, 0.1) is 0 Å². The standard InChI is InChI=1S/C21H23N3O4/c25-20(23-15-5-3-1-2-4-6-15)14-9-10-22-17(11-14)21(26)24-16-7-8-18-19(12-16)28-13-27-18/h7-12,15H,1-6,13H2,(H,23,25)(H,24,26). The first-order valence-corrected chi connectivity index (χ1v) is 9.67. The van der Waals surface area contributed by atoms with Crippen molar-refractivity contribution in [2.24, 2.45) is 0 Å². The van der Waals surface area contributed by atoms with Gasteiger partial charge in [-0.3, -0.25) is 14.6 Å². The number of pyridine rings is 1. The van der Waals surface area contributed by atoms with Gasteiger partial charge < -0.3 is 20.1 Å². The first-order valence-electron chi connectivity index (χ1n) is 9.67. The maximum atomic E-state index is 12.6. The van der Waals surface area contributed by atoms with Crippen LogP contribution in [0.2, 0.25) is 0 Å². The van der Waals surface area contributed by atoms with Gasteiger partial charge in [0.1, 0.15) is 5.69 Å². The molecule has 2 amide bonds. The van der Waals surface area contributed by atoms with Gasteiger partial charge >= 0.3 is 0 Å². The van der Waals surface area contributed by atoms with Gasteiger partial charge in [0.25, 0.3) is 11.8 Å². The number of ether oxygens (including phenoxy) is 2. The first kappa shape index (κ1) is 18.3. The predicted molar refractivity (Wildman–Crippen MR) is 104 cm³/mol. The van der Waals surface area contributed by atoms with E-state index < -0.39 is 0 Å². The highest BCUT2D eigenvalue weighted by Crippen LogP contribution is 2.34. The summed E-state index contributed by atoms with van der Waals surface area (Å²) in [4.78, 5) is 29.2. The van der Waals surface area contributed by atoms with Crippen LogP contribution in [0.1, 0.15) is 59.4 Å². The summed E-state index contributed by atoms with van der Waals surface area (Å²) in [6, 6.07) is 8.52. The molecule has 0 unspecified atom stereocenters. The van der Waals surface area contributed by atoms with E-state index in [1.165, 1.54) is 25.1 Å². The second-order valence-corrected chi connectivity index (χ2v) is 7.11. The van der Waals surface area contributed by atoms with Crippen LogP contribution in [-0.2, 0) is 0 Å². The van der Waals surface area contributed by atoms with E-state index in [-0.39, 0.29) is 30.3 Å². The molecule has 0 radical (unpaired) electrons. The highest BCUT2D eigenvalue weighted by atomic mass is 16.7. The summed E-state index contributed by atoms with van der Waals surface area (Å²) < 4.78 is 10.6. The first-order chi connectivity index (χ1) is 13.7. The van der Waals surface area contributed by atoms with Crippen LogP contribution >= 0.6 is 0 Å². The molecule has 0 bridgehead atoms. The number of benzene rings is 1. The number of carbonyl (C=O) groups excluding carboxylic acids is 2. The number of hydrogen-bond acceptors (Lipinski definition) is 5. The Hall–Kier alpha value is -3.09. The van der Waals surface area contributed by atoms with Crippen LogP contribution in [0.25, 0.3) is 0 Å². The third kappa shape index (κ3) is 4.24. The average Bonchev–Trinajstić information content (AvgIpc) is 3.03. The molecule has 2 aliphatic rings. The lowest BCUT2D eigenvalue weighted by Crippen LogP contribution is -2.34. The fraction of sp³-hybridized carbons (Fsp3) is 0.381. The van der Waals surface area contributed by atoms with E-state index in [0.717, 1.165) is 25.7 Å². The molecule has 2 heterocycles. The third-order valence-electron chi connectivity index (χ3n) is 5.08. The van der Waals surface area contributed by atoms with Crippen LogP contribution in [0.4, 0.5) is 5.69 Å². The zero-order chi connectivity index (χ0) is 19.3. The summed E-state index contributed by atoms with van der Waals surface area (Å²) in [6.45, 7) is 0.173. The van der Waals surface area contributed by atoms with E-state index in [1.807, 2.05) is 0 Å². The van der Waals surface area contributed by atoms with E-state index in [0.29, 0.717) is 22.7 Å². The number of aromatic nitrogens is 1. The summed E-state index contributed by atoms with van der Waals surface area (Å²) in [7, 11) is 0. The van der Waals surface area contributed by atoms with Crippen molar-refractivity contribution in [2.75, 3.05) is 12.1 Å². The Morgan fingerprint density at radius 2 is 1.71 bits per heavy atom. The van der Waals surface area contributed by atoms with Gasteiger partial charge in [0.2, 0.25) is 6.79 Å². The normalized spacial score (nSPS) is 16.3. The highest BCUT2D eigenvalue weighted by molar-refractivity contribution is 6.05.